The Labute approximate surface area is 156 Å². The quantitative estimate of drug-likeness (QED) is 0.621. The maximum absolute atomic E-state index is 12.2. The molecule has 1 aliphatic rings. The first-order valence-corrected chi connectivity index (χ1v) is 9.33. The Hall–Kier alpha value is -2.83. The lowest BCUT2D eigenvalue weighted by Gasteiger charge is -2.21. The molecule has 7 heteroatoms. The van der Waals surface area contributed by atoms with Crippen LogP contribution < -0.4 is 10.9 Å². The summed E-state index contributed by atoms with van der Waals surface area (Å²) >= 11 is 0. The Kier molecular flexibility index (Phi) is 5.78. The molecule has 0 atom stereocenters. The number of nitrogens with one attached hydrogen (secondary N) is 2. The van der Waals surface area contributed by atoms with Gasteiger partial charge in [-0.15, -0.1) is 0 Å². The highest BCUT2D eigenvalue weighted by Gasteiger charge is 2.20. The van der Waals surface area contributed by atoms with E-state index in [9.17, 15) is 19.5 Å². The van der Waals surface area contributed by atoms with Gasteiger partial charge in [-0.2, -0.15) is 0 Å². The van der Waals surface area contributed by atoms with Crippen molar-refractivity contribution in [3.05, 3.63) is 39.7 Å². The van der Waals surface area contributed by atoms with Crippen LogP contribution in [0.25, 0.3) is 10.9 Å². The molecule has 4 N–H and O–H groups in total. The van der Waals surface area contributed by atoms with E-state index in [2.05, 4.69) is 10.3 Å². The molecule has 1 aromatic carbocycles. The lowest BCUT2D eigenvalue weighted by atomic mass is 9.85. The number of carbonyl (C=O) groups is 2. The molecule has 1 aliphatic carbocycles. The minimum absolute atomic E-state index is 0.358. The molecule has 0 radical (unpaired) electrons. The number of H-pyrrole nitrogens is 1. The van der Waals surface area contributed by atoms with Gasteiger partial charge in [0.25, 0.3) is 11.5 Å². The predicted molar refractivity (Wildman–Crippen MR) is 101 cm³/mol. The van der Waals surface area contributed by atoms with Crippen LogP contribution in [0.5, 0.6) is 5.75 Å². The van der Waals surface area contributed by atoms with Gasteiger partial charge in [-0.3, -0.25) is 14.4 Å². The van der Waals surface area contributed by atoms with E-state index in [1.165, 1.54) is 32.1 Å². The van der Waals surface area contributed by atoms with Crippen molar-refractivity contribution in [2.75, 3.05) is 6.54 Å². The van der Waals surface area contributed by atoms with Crippen molar-refractivity contribution in [2.24, 2.45) is 5.92 Å². The monoisotopic (exact) mass is 372 g/mol. The van der Waals surface area contributed by atoms with Gasteiger partial charge in [-0.1, -0.05) is 38.2 Å². The molecule has 0 unspecified atom stereocenters. The Morgan fingerprint density at radius 2 is 1.93 bits per heavy atom. The third-order valence-corrected chi connectivity index (χ3v) is 5.24. The van der Waals surface area contributed by atoms with Crippen molar-refractivity contribution in [2.45, 2.75) is 44.9 Å². The maximum Gasteiger partial charge on any atom is 0.322 e. The Morgan fingerprint density at radius 1 is 1.19 bits per heavy atom. The first-order valence-electron chi connectivity index (χ1n) is 9.33. The molecule has 27 heavy (non-hydrogen) atoms. The van der Waals surface area contributed by atoms with Crippen LogP contribution in [0.3, 0.4) is 0 Å². The summed E-state index contributed by atoms with van der Waals surface area (Å²) in [5.41, 5.74) is 0.325. The van der Waals surface area contributed by atoms with E-state index in [0.29, 0.717) is 10.9 Å². The van der Waals surface area contributed by atoms with Gasteiger partial charge in [0, 0.05) is 5.39 Å². The Balaban J connectivity index is 1.81. The number of aryl methyl sites for hydroxylation is 1. The van der Waals surface area contributed by atoms with Crippen molar-refractivity contribution in [1.82, 2.24) is 10.3 Å². The number of aromatic hydroxyl groups is 1. The van der Waals surface area contributed by atoms with E-state index in [1.807, 2.05) is 12.1 Å². The van der Waals surface area contributed by atoms with Crippen LogP contribution in [0, 0.1) is 5.92 Å². The molecule has 0 bridgehead atoms. The second-order valence-corrected chi connectivity index (χ2v) is 7.18. The lowest BCUT2D eigenvalue weighted by molar-refractivity contribution is -0.135. The second-order valence-electron chi connectivity index (χ2n) is 7.18. The average molecular weight is 372 g/mol. The molecule has 0 saturated heterocycles. The fourth-order valence-electron chi connectivity index (χ4n) is 3.79. The number of rotatable bonds is 6. The van der Waals surface area contributed by atoms with E-state index in [1.54, 1.807) is 6.07 Å². The zero-order chi connectivity index (χ0) is 19.4. The molecule has 2 aromatic rings. The van der Waals surface area contributed by atoms with Crippen LogP contribution >= 0.6 is 0 Å². The summed E-state index contributed by atoms with van der Waals surface area (Å²) < 4.78 is 0. The largest absolute Gasteiger partial charge is 0.506 e. The van der Waals surface area contributed by atoms with E-state index in [0.717, 1.165) is 24.3 Å². The molecule has 144 valence electrons. The average Bonchev–Trinajstić information content (AvgIpc) is 2.65. The SMILES string of the molecule is O=C(O)CNC(=O)c1c(O)c2ccc(CCC3CCCCC3)cc2[nH]c1=O. The second kappa shape index (κ2) is 8.24. The minimum atomic E-state index is -1.23. The van der Waals surface area contributed by atoms with E-state index in [-0.39, 0.29) is 0 Å². The van der Waals surface area contributed by atoms with E-state index in [4.69, 9.17) is 5.11 Å². The van der Waals surface area contributed by atoms with Gasteiger partial charge in [-0.05, 0) is 36.5 Å². The smallest absolute Gasteiger partial charge is 0.322 e. The molecule has 1 aromatic heterocycles. The number of benzene rings is 1. The highest BCUT2D eigenvalue weighted by atomic mass is 16.4. The molecule has 1 heterocycles. The van der Waals surface area contributed by atoms with Crippen molar-refractivity contribution in [3.8, 4) is 5.75 Å². The first kappa shape index (κ1) is 18.9. The number of carboxylic acids is 1. The number of aromatic nitrogens is 1. The normalized spacial score (nSPS) is 15.0. The summed E-state index contributed by atoms with van der Waals surface area (Å²) in [6.07, 6.45) is 8.50. The number of aromatic amines is 1. The van der Waals surface area contributed by atoms with Crippen molar-refractivity contribution >= 4 is 22.8 Å². The van der Waals surface area contributed by atoms with Crippen LogP contribution in [0.4, 0.5) is 0 Å². The lowest BCUT2D eigenvalue weighted by Crippen LogP contribution is -2.33. The third kappa shape index (κ3) is 4.48. The summed E-state index contributed by atoms with van der Waals surface area (Å²) in [5.74, 6) is -1.83. The van der Waals surface area contributed by atoms with Gasteiger partial charge >= 0.3 is 5.97 Å². The van der Waals surface area contributed by atoms with Gasteiger partial charge < -0.3 is 20.5 Å². The molecular formula is C20H24N2O5. The highest BCUT2D eigenvalue weighted by molar-refractivity contribution is 6.02. The summed E-state index contributed by atoms with van der Waals surface area (Å²) in [6.45, 7) is -0.629. The van der Waals surface area contributed by atoms with Crippen molar-refractivity contribution in [1.29, 1.82) is 0 Å². The molecule has 0 aliphatic heterocycles. The van der Waals surface area contributed by atoms with Crippen molar-refractivity contribution in [3.63, 3.8) is 0 Å². The van der Waals surface area contributed by atoms with Crippen LogP contribution in [0.15, 0.2) is 23.0 Å². The molecule has 3 rings (SSSR count). The summed E-state index contributed by atoms with van der Waals surface area (Å²) in [6, 6.07) is 5.41. The van der Waals surface area contributed by atoms with Gasteiger partial charge in [0.05, 0.1) is 5.52 Å². The molecule has 1 saturated carbocycles. The molecule has 0 spiro atoms. The maximum atomic E-state index is 12.2. The topological polar surface area (TPSA) is 119 Å². The number of carbonyl (C=O) groups excluding carboxylic acids is 1. The number of carboxylic acid groups (broad SMARTS) is 1. The number of pyridine rings is 1. The van der Waals surface area contributed by atoms with Crippen molar-refractivity contribution < 1.29 is 19.8 Å². The third-order valence-electron chi connectivity index (χ3n) is 5.24. The summed E-state index contributed by atoms with van der Waals surface area (Å²) in [7, 11) is 0. The van der Waals surface area contributed by atoms with E-state index >= 15 is 0 Å². The van der Waals surface area contributed by atoms with Gasteiger partial charge in [0.2, 0.25) is 0 Å². The summed E-state index contributed by atoms with van der Waals surface area (Å²) in [5, 5.41) is 21.4. The van der Waals surface area contributed by atoms with Crippen LogP contribution in [0.2, 0.25) is 0 Å². The summed E-state index contributed by atoms with van der Waals surface area (Å²) in [4.78, 5) is 37.4. The number of hydrogen-bond acceptors (Lipinski definition) is 4. The first-order chi connectivity index (χ1) is 13.0. The molecule has 7 nitrogen and oxygen atoms in total. The molecular weight excluding hydrogens is 348 g/mol. The van der Waals surface area contributed by atoms with Crippen LogP contribution in [-0.2, 0) is 11.2 Å². The molecule has 1 amide bonds. The van der Waals surface area contributed by atoms with Crippen LogP contribution in [0.1, 0.15) is 54.4 Å². The zero-order valence-electron chi connectivity index (χ0n) is 15.1. The number of aliphatic carboxylic acids is 1. The molecule has 1 fully saturated rings. The highest BCUT2D eigenvalue weighted by Crippen LogP contribution is 2.29. The number of fused-ring (bicyclic) bond motifs is 1. The van der Waals surface area contributed by atoms with Crippen LogP contribution in [-0.4, -0.2) is 33.6 Å². The van der Waals surface area contributed by atoms with E-state index < -0.39 is 35.3 Å². The fraction of sp³-hybridized carbons (Fsp3) is 0.450. The fourth-order valence-corrected chi connectivity index (χ4v) is 3.79. The predicted octanol–water partition coefficient (Wildman–Crippen LogP) is 2.56. The minimum Gasteiger partial charge on any atom is -0.506 e. The zero-order valence-corrected chi connectivity index (χ0v) is 15.1. The number of hydrogen-bond donors (Lipinski definition) is 4. The Bertz CT molecular complexity index is 912. The van der Waals surface area contributed by atoms with Gasteiger partial charge in [0.15, 0.2) is 0 Å². The number of amides is 1. The standard InChI is InChI=1S/C20H24N2O5/c23-16(24)11-21-19(26)17-18(25)14-9-8-13(10-15(14)22-20(17)27)7-6-12-4-2-1-3-5-12/h8-10,12H,1-7,11H2,(H,21,26)(H,23,24)(H2,22,25,27). The van der Waals surface area contributed by atoms with Gasteiger partial charge in [-0.25, -0.2) is 0 Å². The van der Waals surface area contributed by atoms with Gasteiger partial charge in [0.1, 0.15) is 17.9 Å². The Morgan fingerprint density at radius 3 is 2.63 bits per heavy atom.